The monoisotopic (exact) mass is 344 g/mol. The number of hydrogen-bond donors (Lipinski definition) is 0. The molecule has 0 aliphatic carbocycles. The van der Waals surface area contributed by atoms with Gasteiger partial charge in [0.25, 0.3) is 0 Å². The number of esters is 1. The molecule has 0 unspecified atom stereocenters. The number of carbonyl (C=O) groups excluding carboxylic acids is 1. The summed E-state index contributed by atoms with van der Waals surface area (Å²) in [5, 5.41) is 0. The molecule has 0 aromatic heterocycles. The molecule has 0 atom stereocenters. The summed E-state index contributed by atoms with van der Waals surface area (Å²) in [6.07, 6.45) is 0.682. The molecule has 134 valence electrons. The highest BCUT2D eigenvalue weighted by Crippen LogP contribution is 2.24. The van der Waals surface area contributed by atoms with Crippen molar-refractivity contribution in [2.24, 2.45) is 0 Å². The summed E-state index contributed by atoms with van der Waals surface area (Å²) in [5.41, 5.74) is 1.93. The average molecular weight is 344 g/mol. The lowest BCUT2D eigenvalue weighted by atomic mass is 10.1. The van der Waals surface area contributed by atoms with Gasteiger partial charge in [-0.2, -0.15) is 0 Å². The molecule has 0 N–H and O–H groups in total. The highest BCUT2D eigenvalue weighted by atomic mass is 19.1. The number of rotatable bonds is 7. The molecule has 3 nitrogen and oxygen atoms in total. The van der Waals surface area contributed by atoms with Crippen LogP contribution in [0.4, 0.5) is 4.39 Å². The van der Waals surface area contributed by atoms with Crippen LogP contribution in [-0.4, -0.2) is 11.6 Å². The molecule has 2 aromatic carbocycles. The van der Waals surface area contributed by atoms with Crippen LogP contribution >= 0.6 is 0 Å². The Kier molecular flexibility index (Phi) is 6.57. The topological polar surface area (TPSA) is 35.5 Å². The van der Waals surface area contributed by atoms with Crippen LogP contribution in [0, 0.1) is 0 Å². The zero-order valence-electron chi connectivity index (χ0n) is 15.0. The summed E-state index contributed by atoms with van der Waals surface area (Å²) in [5.74, 6) is 0.400. The predicted octanol–water partition coefficient (Wildman–Crippen LogP) is 5.01. The van der Waals surface area contributed by atoms with Gasteiger partial charge in [0.05, 0.1) is 0 Å². The van der Waals surface area contributed by atoms with Crippen molar-refractivity contribution in [3.8, 4) is 5.75 Å². The number of carbonyl (C=O) groups is 1. The number of halogens is 1. The number of hydrogen-bond acceptors (Lipinski definition) is 3. The first kappa shape index (κ1) is 19.0. The zero-order valence-corrected chi connectivity index (χ0v) is 15.0. The van der Waals surface area contributed by atoms with Gasteiger partial charge in [0.2, 0.25) is 0 Å². The van der Waals surface area contributed by atoms with Gasteiger partial charge < -0.3 is 9.47 Å². The van der Waals surface area contributed by atoms with Gasteiger partial charge in [-0.15, -0.1) is 0 Å². The molecule has 0 saturated heterocycles. The summed E-state index contributed by atoms with van der Waals surface area (Å²) in [4.78, 5) is 11.9. The second kappa shape index (κ2) is 8.65. The normalized spacial score (nSPS) is 11.2. The SMILES string of the molecule is CC(C)(C)OC(=O)CCc1cc(CF)ccc1OCc1ccccc1. The number of alkyl halides is 1. The minimum Gasteiger partial charge on any atom is -0.489 e. The lowest BCUT2D eigenvalue weighted by molar-refractivity contribution is -0.154. The largest absolute Gasteiger partial charge is 0.489 e. The first-order valence-electron chi connectivity index (χ1n) is 8.44. The van der Waals surface area contributed by atoms with Crippen molar-refractivity contribution >= 4 is 5.97 Å². The third-order valence-corrected chi connectivity index (χ3v) is 3.53. The number of benzene rings is 2. The van der Waals surface area contributed by atoms with Crippen LogP contribution in [0.2, 0.25) is 0 Å². The van der Waals surface area contributed by atoms with Crippen LogP contribution < -0.4 is 4.74 Å². The molecule has 0 aliphatic heterocycles. The maximum absolute atomic E-state index is 13.0. The second-order valence-electron chi connectivity index (χ2n) is 6.94. The van der Waals surface area contributed by atoms with E-state index in [0.717, 1.165) is 11.1 Å². The lowest BCUT2D eigenvalue weighted by Crippen LogP contribution is -2.24. The Labute approximate surface area is 148 Å². The minimum absolute atomic E-state index is 0.231. The van der Waals surface area contributed by atoms with E-state index in [1.54, 1.807) is 18.2 Å². The van der Waals surface area contributed by atoms with Gasteiger partial charge in [0, 0.05) is 6.42 Å². The van der Waals surface area contributed by atoms with Gasteiger partial charge in [-0.25, -0.2) is 4.39 Å². The predicted molar refractivity (Wildman–Crippen MR) is 96.2 cm³/mol. The van der Waals surface area contributed by atoms with Crippen molar-refractivity contribution < 1.29 is 18.7 Å². The number of ether oxygens (including phenoxy) is 2. The summed E-state index contributed by atoms with van der Waals surface area (Å²) >= 11 is 0. The molecule has 2 rings (SSSR count). The molecular weight excluding hydrogens is 319 g/mol. The maximum Gasteiger partial charge on any atom is 0.306 e. The Morgan fingerprint density at radius 2 is 1.76 bits per heavy atom. The Hall–Kier alpha value is -2.36. The summed E-state index contributed by atoms with van der Waals surface area (Å²) < 4.78 is 24.2. The fourth-order valence-corrected chi connectivity index (χ4v) is 2.42. The lowest BCUT2D eigenvalue weighted by Gasteiger charge is -2.19. The molecule has 0 amide bonds. The molecule has 0 fully saturated rings. The van der Waals surface area contributed by atoms with E-state index in [9.17, 15) is 9.18 Å². The first-order chi connectivity index (χ1) is 11.9. The van der Waals surface area contributed by atoms with Gasteiger partial charge in [0.1, 0.15) is 24.6 Å². The second-order valence-corrected chi connectivity index (χ2v) is 6.94. The van der Waals surface area contributed by atoms with Crippen LogP contribution in [-0.2, 0) is 29.2 Å². The van der Waals surface area contributed by atoms with Gasteiger partial charge in [-0.1, -0.05) is 36.4 Å². The van der Waals surface area contributed by atoms with Crippen LogP contribution in [0.1, 0.15) is 43.9 Å². The van der Waals surface area contributed by atoms with Crippen molar-refractivity contribution in [1.82, 2.24) is 0 Å². The summed E-state index contributed by atoms with van der Waals surface area (Å²) in [7, 11) is 0. The van der Waals surface area contributed by atoms with Crippen LogP contribution in [0.5, 0.6) is 5.75 Å². The van der Waals surface area contributed by atoms with E-state index in [2.05, 4.69) is 0 Å². The van der Waals surface area contributed by atoms with Crippen LogP contribution in [0.25, 0.3) is 0 Å². The summed E-state index contributed by atoms with van der Waals surface area (Å²) in [6.45, 7) is 5.39. The van der Waals surface area contributed by atoms with E-state index in [1.807, 2.05) is 51.1 Å². The van der Waals surface area contributed by atoms with E-state index in [4.69, 9.17) is 9.47 Å². The molecular formula is C21H25FO3. The highest BCUT2D eigenvalue weighted by Gasteiger charge is 2.17. The smallest absolute Gasteiger partial charge is 0.306 e. The maximum atomic E-state index is 13.0. The van der Waals surface area contributed by atoms with Crippen LogP contribution in [0.15, 0.2) is 48.5 Å². The highest BCUT2D eigenvalue weighted by molar-refractivity contribution is 5.70. The van der Waals surface area contributed by atoms with Crippen molar-refractivity contribution in [2.75, 3.05) is 0 Å². The van der Waals surface area contributed by atoms with Crippen molar-refractivity contribution in [2.45, 2.75) is 52.5 Å². The number of aryl methyl sites for hydroxylation is 1. The molecule has 0 bridgehead atoms. The third-order valence-electron chi connectivity index (χ3n) is 3.53. The first-order valence-corrected chi connectivity index (χ1v) is 8.44. The van der Waals surface area contributed by atoms with Gasteiger partial charge in [-0.05, 0) is 56.0 Å². The van der Waals surface area contributed by atoms with Gasteiger partial charge >= 0.3 is 5.97 Å². The van der Waals surface area contributed by atoms with Crippen LogP contribution in [0.3, 0.4) is 0 Å². The summed E-state index contributed by atoms with van der Waals surface area (Å²) in [6, 6.07) is 15.0. The molecule has 25 heavy (non-hydrogen) atoms. The standard InChI is InChI=1S/C21H25FO3/c1-21(2,3)25-20(23)12-10-18-13-17(14-22)9-11-19(18)24-15-16-7-5-4-6-8-16/h4-9,11,13H,10,12,14-15H2,1-3H3. The van der Waals surface area contributed by atoms with Crippen molar-refractivity contribution in [3.05, 3.63) is 65.2 Å². The molecule has 0 aliphatic rings. The molecule has 4 heteroatoms. The fraction of sp³-hybridized carbons (Fsp3) is 0.381. The average Bonchev–Trinajstić information content (AvgIpc) is 2.58. The molecule has 0 radical (unpaired) electrons. The fourth-order valence-electron chi connectivity index (χ4n) is 2.42. The Morgan fingerprint density at radius 3 is 2.40 bits per heavy atom. The minimum atomic E-state index is -0.543. The molecule has 2 aromatic rings. The van der Waals surface area contributed by atoms with Gasteiger partial charge in [-0.3, -0.25) is 4.79 Å². The molecule has 0 heterocycles. The zero-order chi connectivity index (χ0) is 18.3. The quantitative estimate of drug-likeness (QED) is 0.662. The van der Waals surface area contributed by atoms with E-state index < -0.39 is 12.3 Å². The van der Waals surface area contributed by atoms with E-state index in [1.165, 1.54) is 0 Å². The van der Waals surface area contributed by atoms with Crippen molar-refractivity contribution in [3.63, 3.8) is 0 Å². The van der Waals surface area contributed by atoms with Crippen molar-refractivity contribution in [1.29, 1.82) is 0 Å². The molecule has 0 saturated carbocycles. The van der Waals surface area contributed by atoms with E-state index in [0.29, 0.717) is 24.3 Å². The van der Waals surface area contributed by atoms with Gasteiger partial charge in [0.15, 0.2) is 0 Å². The van der Waals surface area contributed by atoms with E-state index >= 15 is 0 Å². The Morgan fingerprint density at radius 1 is 1.04 bits per heavy atom. The van der Waals surface area contributed by atoms with E-state index in [-0.39, 0.29) is 12.4 Å². The molecule has 0 spiro atoms. The Balaban J connectivity index is 2.05. The third kappa shape index (κ3) is 6.57. The Bertz CT molecular complexity index is 690.